The molecule has 0 spiro atoms. The van der Waals surface area contributed by atoms with E-state index in [9.17, 15) is 12.8 Å². The molecular weight excluding hydrogens is 339 g/mol. The Labute approximate surface area is 147 Å². The molecule has 0 atom stereocenters. The molecule has 0 saturated carbocycles. The summed E-state index contributed by atoms with van der Waals surface area (Å²) in [5.41, 5.74) is 4.69. The van der Waals surface area contributed by atoms with E-state index in [1.54, 1.807) is 0 Å². The van der Waals surface area contributed by atoms with Crippen molar-refractivity contribution in [1.82, 2.24) is 0 Å². The highest BCUT2D eigenvalue weighted by Gasteiger charge is 2.25. The van der Waals surface area contributed by atoms with Crippen molar-refractivity contribution in [2.24, 2.45) is 15.7 Å². The highest BCUT2D eigenvalue weighted by Crippen LogP contribution is 2.43. The predicted molar refractivity (Wildman–Crippen MR) is 99.9 cm³/mol. The minimum absolute atomic E-state index is 0.0227. The molecule has 0 unspecified atom stereocenters. The van der Waals surface area contributed by atoms with Crippen molar-refractivity contribution < 1.29 is 12.8 Å². The fourth-order valence-corrected chi connectivity index (χ4v) is 2.67. The fourth-order valence-electron chi connectivity index (χ4n) is 2.67. The molecule has 0 aliphatic heterocycles. The molecule has 25 heavy (non-hydrogen) atoms. The predicted octanol–water partition coefficient (Wildman–Crippen LogP) is 3.48. The lowest BCUT2D eigenvalue weighted by Crippen LogP contribution is -2.21. The van der Waals surface area contributed by atoms with Gasteiger partial charge in [-0.15, -0.1) is 0 Å². The minimum atomic E-state index is -3.67. The first-order chi connectivity index (χ1) is 11.6. The van der Waals surface area contributed by atoms with E-state index >= 15 is 0 Å². The van der Waals surface area contributed by atoms with Gasteiger partial charge >= 0.3 is 0 Å². The summed E-state index contributed by atoms with van der Waals surface area (Å²) in [6, 6.07) is 17.1. The van der Waals surface area contributed by atoms with E-state index in [0.29, 0.717) is 0 Å². The van der Waals surface area contributed by atoms with Crippen molar-refractivity contribution in [3.05, 3.63) is 83.7 Å². The largest absolute Gasteiger partial charge is 0.271 e. The van der Waals surface area contributed by atoms with Gasteiger partial charge in [-0.3, -0.25) is 0 Å². The van der Waals surface area contributed by atoms with Crippen LogP contribution in [0.1, 0.15) is 25.0 Å². The quantitative estimate of drug-likeness (QED) is 0.859. The molecule has 2 aromatic rings. The van der Waals surface area contributed by atoms with Crippen LogP contribution in [-0.2, 0) is 10.2 Å². The van der Waals surface area contributed by atoms with E-state index in [2.05, 4.69) is 48.4 Å². The summed E-state index contributed by atoms with van der Waals surface area (Å²) >= 11 is 0. The molecule has 3 rings (SSSR count). The number of rotatable bonds is 2. The molecule has 0 radical (unpaired) electrons. The van der Waals surface area contributed by atoms with Crippen molar-refractivity contribution in [3.8, 4) is 0 Å². The van der Waals surface area contributed by atoms with Crippen LogP contribution in [0.3, 0.4) is 0 Å². The van der Waals surface area contributed by atoms with E-state index in [4.69, 9.17) is 0 Å². The second-order valence-electron chi connectivity index (χ2n) is 6.40. The molecule has 2 aromatic carbocycles. The maximum Gasteiger partial charge on any atom is 0.271 e. The van der Waals surface area contributed by atoms with Crippen molar-refractivity contribution in [1.29, 1.82) is 0 Å². The Hall–Kier alpha value is -2.28. The molecule has 0 heterocycles. The molecule has 4 nitrogen and oxygen atoms in total. The molecule has 1 aliphatic rings. The summed E-state index contributed by atoms with van der Waals surface area (Å²) in [7, 11) is -3.67. The maximum atomic E-state index is 13.1. The van der Waals surface area contributed by atoms with E-state index in [0.717, 1.165) is 5.56 Å². The van der Waals surface area contributed by atoms with Gasteiger partial charge < -0.3 is 0 Å². The Bertz CT molecular complexity index is 892. The van der Waals surface area contributed by atoms with E-state index in [-0.39, 0.29) is 11.2 Å². The van der Waals surface area contributed by atoms with Gasteiger partial charge in [0.2, 0.25) is 0 Å². The van der Waals surface area contributed by atoms with Gasteiger partial charge in [-0.25, -0.2) is 14.7 Å². The minimum Gasteiger partial charge on any atom is -0.216 e. The van der Waals surface area contributed by atoms with Gasteiger partial charge in [0, 0.05) is 5.41 Å². The second kappa shape index (κ2) is 7.31. The number of benzene rings is 2. The third kappa shape index (κ3) is 5.94. The third-order valence-corrected chi connectivity index (χ3v) is 3.56. The van der Waals surface area contributed by atoms with Crippen LogP contribution in [0.25, 0.3) is 11.1 Å². The normalized spacial score (nSPS) is 15.7. The number of hydrogen-bond acceptors (Lipinski definition) is 2. The molecule has 0 aromatic heterocycles. The highest BCUT2D eigenvalue weighted by molar-refractivity contribution is 7.86. The summed E-state index contributed by atoms with van der Waals surface area (Å²) in [6.07, 6.45) is 4.53. The smallest absolute Gasteiger partial charge is 0.216 e. The molecule has 132 valence electrons. The lowest BCUT2D eigenvalue weighted by molar-refractivity contribution is 0.599. The Kier molecular flexibility index (Phi) is 5.57. The molecule has 0 amide bonds. The Morgan fingerprint density at radius 2 is 1.20 bits per heavy atom. The van der Waals surface area contributed by atoms with E-state index in [1.807, 2.05) is 30.3 Å². The highest BCUT2D eigenvalue weighted by atomic mass is 32.2. The lowest BCUT2D eigenvalue weighted by atomic mass is 9.95. The topological polar surface area (TPSA) is 86.2 Å². The van der Waals surface area contributed by atoms with Gasteiger partial charge in [0.05, 0.1) is 0 Å². The Morgan fingerprint density at radius 1 is 0.800 bits per heavy atom. The van der Waals surface area contributed by atoms with Crippen molar-refractivity contribution in [2.75, 3.05) is 0 Å². The van der Waals surface area contributed by atoms with Crippen LogP contribution in [-0.4, -0.2) is 8.42 Å². The second-order valence-corrected chi connectivity index (χ2v) is 7.58. The van der Waals surface area contributed by atoms with E-state index in [1.165, 1.54) is 28.8 Å². The van der Waals surface area contributed by atoms with Crippen LogP contribution in [0.5, 0.6) is 0 Å². The molecule has 1 aliphatic carbocycles. The van der Waals surface area contributed by atoms with Crippen molar-refractivity contribution in [2.45, 2.75) is 13.8 Å². The summed E-state index contributed by atoms with van der Waals surface area (Å²) in [4.78, 5) is 0. The van der Waals surface area contributed by atoms with Gasteiger partial charge in [-0.1, -0.05) is 68.5 Å². The van der Waals surface area contributed by atoms with Gasteiger partial charge in [0.1, 0.15) is 5.82 Å². The van der Waals surface area contributed by atoms with Crippen LogP contribution >= 0.6 is 0 Å². The first-order valence-corrected chi connectivity index (χ1v) is 9.24. The van der Waals surface area contributed by atoms with Gasteiger partial charge in [0.25, 0.3) is 10.2 Å². The molecule has 0 bridgehead atoms. The molecule has 0 fully saturated rings. The molecule has 6 heteroatoms. The first-order valence-electron chi connectivity index (χ1n) is 7.63. The van der Waals surface area contributed by atoms with Gasteiger partial charge in [0.15, 0.2) is 0 Å². The number of nitrogens with two attached hydrogens (primary N) is 2. The van der Waals surface area contributed by atoms with Crippen molar-refractivity contribution in [3.63, 3.8) is 0 Å². The summed E-state index contributed by atoms with van der Waals surface area (Å²) in [5, 5.41) is 8.21. The zero-order valence-electron chi connectivity index (χ0n) is 14.1. The van der Waals surface area contributed by atoms with E-state index < -0.39 is 10.2 Å². The summed E-state index contributed by atoms with van der Waals surface area (Å²) in [6.45, 7) is 4.37. The monoisotopic (exact) mass is 360 g/mol. The van der Waals surface area contributed by atoms with Crippen LogP contribution < -0.4 is 10.3 Å². The standard InChI is InChI=1S/C19H17F.H4N2O2S/c1-19(2)12-17(14-6-4-3-5-7-14)18(13-19)15-8-10-16(20)11-9-15;1-5(2,3)4/h3-13H,1-2H3;(H4,1,2,3,4). The van der Waals surface area contributed by atoms with Crippen LogP contribution in [0.2, 0.25) is 0 Å². The zero-order valence-corrected chi connectivity index (χ0v) is 14.9. The Balaban J connectivity index is 0.000000399. The fraction of sp³-hybridized carbons (Fsp3) is 0.158. The van der Waals surface area contributed by atoms with Gasteiger partial charge in [-0.05, 0) is 34.4 Å². The first kappa shape index (κ1) is 19.1. The van der Waals surface area contributed by atoms with Gasteiger partial charge in [-0.2, -0.15) is 8.42 Å². The number of allylic oxidation sites excluding steroid dienone is 4. The third-order valence-electron chi connectivity index (χ3n) is 3.56. The van der Waals surface area contributed by atoms with Crippen LogP contribution in [0, 0.1) is 11.2 Å². The molecular formula is C19H21FN2O2S. The SMILES string of the molecule is CC1(C)C=C(c2ccccc2)C(c2ccc(F)cc2)=C1.NS(N)(=O)=O. The lowest BCUT2D eigenvalue weighted by Gasteiger charge is -2.09. The number of halogens is 1. The number of hydrogen-bond donors (Lipinski definition) is 2. The van der Waals surface area contributed by atoms with Crippen LogP contribution in [0.4, 0.5) is 4.39 Å². The molecule has 4 N–H and O–H groups in total. The zero-order chi connectivity index (χ0) is 18.7. The summed E-state index contributed by atoms with van der Waals surface area (Å²) < 4.78 is 31.5. The summed E-state index contributed by atoms with van der Waals surface area (Å²) in [5.74, 6) is -0.197. The van der Waals surface area contributed by atoms with Crippen molar-refractivity contribution >= 4 is 21.4 Å². The average molecular weight is 360 g/mol. The average Bonchev–Trinajstić information content (AvgIpc) is 2.83. The Morgan fingerprint density at radius 3 is 1.64 bits per heavy atom. The molecule has 0 saturated heterocycles. The van der Waals surface area contributed by atoms with Crippen LogP contribution in [0.15, 0.2) is 66.7 Å². The maximum absolute atomic E-state index is 13.1.